The van der Waals surface area contributed by atoms with E-state index >= 15 is 0 Å². The highest BCUT2D eigenvalue weighted by Crippen LogP contribution is 2.20. The monoisotopic (exact) mass is 460 g/mol. The molecule has 0 saturated heterocycles. The molecule has 0 aromatic heterocycles. The van der Waals surface area contributed by atoms with Crippen molar-refractivity contribution in [2.75, 3.05) is 10.6 Å². The molecular formula is C24H20N4O4S. The highest BCUT2D eigenvalue weighted by Gasteiger charge is 2.09. The first-order chi connectivity index (χ1) is 15.8. The molecule has 8 nitrogen and oxygen atoms in total. The summed E-state index contributed by atoms with van der Waals surface area (Å²) in [6, 6.07) is 20.1. The van der Waals surface area contributed by atoms with Crippen molar-refractivity contribution in [3.05, 3.63) is 106 Å². The number of anilines is 2. The topological polar surface area (TPSA) is 113 Å². The van der Waals surface area contributed by atoms with Gasteiger partial charge in [0.25, 0.3) is 11.6 Å². The van der Waals surface area contributed by atoms with Crippen LogP contribution in [0, 0.1) is 17.0 Å². The zero-order valence-corrected chi connectivity index (χ0v) is 18.4. The molecule has 3 aromatic carbocycles. The Bertz CT molecular complexity index is 1240. The molecule has 0 unspecified atom stereocenters. The van der Waals surface area contributed by atoms with Gasteiger partial charge in [0.1, 0.15) is 0 Å². The third kappa shape index (κ3) is 6.81. The van der Waals surface area contributed by atoms with Crippen LogP contribution in [0.1, 0.15) is 21.5 Å². The van der Waals surface area contributed by atoms with Crippen LogP contribution in [0.2, 0.25) is 0 Å². The maximum absolute atomic E-state index is 12.3. The van der Waals surface area contributed by atoms with E-state index in [1.54, 1.807) is 48.5 Å². The van der Waals surface area contributed by atoms with E-state index in [9.17, 15) is 19.7 Å². The Kier molecular flexibility index (Phi) is 7.61. The van der Waals surface area contributed by atoms with Gasteiger partial charge in [0.15, 0.2) is 5.11 Å². The van der Waals surface area contributed by atoms with Gasteiger partial charge >= 0.3 is 0 Å². The molecule has 0 heterocycles. The Hall–Kier alpha value is -4.37. The zero-order valence-electron chi connectivity index (χ0n) is 17.6. The second-order valence-corrected chi connectivity index (χ2v) is 7.39. The molecule has 166 valence electrons. The predicted molar refractivity (Wildman–Crippen MR) is 132 cm³/mol. The summed E-state index contributed by atoms with van der Waals surface area (Å²) in [5.41, 5.74) is 3.11. The van der Waals surface area contributed by atoms with E-state index < -0.39 is 10.8 Å². The smallest absolute Gasteiger partial charge is 0.270 e. The molecule has 0 aliphatic rings. The first kappa shape index (κ1) is 23.3. The summed E-state index contributed by atoms with van der Waals surface area (Å²) in [5.74, 6) is -0.694. The molecule has 0 spiro atoms. The number of benzene rings is 3. The first-order valence-corrected chi connectivity index (χ1v) is 10.2. The van der Waals surface area contributed by atoms with Crippen LogP contribution in [0.4, 0.5) is 17.1 Å². The normalized spacial score (nSPS) is 10.5. The maximum Gasteiger partial charge on any atom is 0.270 e. The highest BCUT2D eigenvalue weighted by molar-refractivity contribution is 7.80. The van der Waals surface area contributed by atoms with Crippen LogP contribution in [-0.4, -0.2) is 21.9 Å². The van der Waals surface area contributed by atoms with Crippen LogP contribution in [0.5, 0.6) is 0 Å². The quantitative estimate of drug-likeness (QED) is 0.213. The van der Waals surface area contributed by atoms with Gasteiger partial charge in [0, 0.05) is 35.1 Å². The van der Waals surface area contributed by atoms with E-state index in [-0.39, 0.29) is 16.7 Å². The summed E-state index contributed by atoms with van der Waals surface area (Å²) >= 11 is 5.17. The fourth-order valence-corrected chi connectivity index (χ4v) is 3.11. The number of non-ortho nitro benzene ring substituents is 1. The van der Waals surface area contributed by atoms with Crippen molar-refractivity contribution >= 4 is 52.3 Å². The summed E-state index contributed by atoms with van der Waals surface area (Å²) < 4.78 is 0. The van der Waals surface area contributed by atoms with E-state index in [4.69, 9.17) is 12.2 Å². The number of nitro groups is 1. The molecule has 2 amide bonds. The van der Waals surface area contributed by atoms with Gasteiger partial charge in [-0.15, -0.1) is 0 Å². The van der Waals surface area contributed by atoms with Crippen molar-refractivity contribution in [3.8, 4) is 0 Å². The standard InChI is InChI=1S/C24H20N4O4S/c1-16-14-19(11-12-21(16)26-23(30)18-7-3-2-4-8-18)25-24(33)27-22(29)13-10-17-6-5-9-20(15-17)28(31)32/h2-15H,1H3,(H,26,30)(H2,25,27,29,33)/b13-10+. The number of nitrogens with one attached hydrogen (secondary N) is 3. The number of nitro benzene ring substituents is 1. The maximum atomic E-state index is 12.3. The zero-order chi connectivity index (χ0) is 23.8. The van der Waals surface area contributed by atoms with E-state index in [0.29, 0.717) is 22.5 Å². The second-order valence-electron chi connectivity index (χ2n) is 6.98. The molecule has 3 rings (SSSR count). The number of aryl methyl sites for hydroxylation is 1. The van der Waals surface area contributed by atoms with Crippen LogP contribution < -0.4 is 16.0 Å². The lowest BCUT2D eigenvalue weighted by atomic mass is 10.1. The van der Waals surface area contributed by atoms with Crippen molar-refractivity contribution in [1.29, 1.82) is 0 Å². The van der Waals surface area contributed by atoms with Gasteiger partial charge in [-0.25, -0.2) is 0 Å². The molecule has 33 heavy (non-hydrogen) atoms. The highest BCUT2D eigenvalue weighted by atomic mass is 32.1. The lowest BCUT2D eigenvalue weighted by Gasteiger charge is -2.12. The third-order valence-corrected chi connectivity index (χ3v) is 4.72. The van der Waals surface area contributed by atoms with Crippen LogP contribution in [0.25, 0.3) is 6.08 Å². The van der Waals surface area contributed by atoms with Crippen molar-refractivity contribution in [1.82, 2.24) is 5.32 Å². The Morgan fingerprint density at radius 1 is 0.970 bits per heavy atom. The molecule has 0 saturated carbocycles. The minimum absolute atomic E-state index is 0.0616. The molecule has 0 radical (unpaired) electrons. The predicted octanol–water partition coefficient (Wildman–Crippen LogP) is 4.68. The van der Waals surface area contributed by atoms with E-state index in [1.165, 1.54) is 30.4 Å². The average Bonchev–Trinajstić information content (AvgIpc) is 2.80. The number of rotatable bonds is 6. The van der Waals surface area contributed by atoms with Gasteiger partial charge < -0.3 is 10.6 Å². The largest absolute Gasteiger partial charge is 0.332 e. The number of nitrogens with zero attached hydrogens (tertiary/aromatic N) is 1. The van der Waals surface area contributed by atoms with Gasteiger partial charge in [0.2, 0.25) is 5.91 Å². The van der Waals surface area contributed by atoms with Gasteiger partial charge in [-0.2, -0.15) is 0 Å². The SMILES string of the molecule is Cc1cc(NC(=S)NC(=O)/C=C/c2cccc([N+](=O)[O-])c2)ccc1NC(=O)c1ccccc1. The lowest BCUT2D eigenvalue weighted by molar-refractivity contribution is -0.384. The molecule has 0 fully saturated rings. The van der Waals surface area contributed by atoms with Crippen molar-refractivity contribution in [2.24, 2.45) is 0 Å². The fraction of sp³-hybridized carbons (Fsp3) is 0.0417. The summed E-state index contributed by atoms with van der Waals surface area (Å²) in [6.07, 6.45) is 2.69. The molecule has 3 N–H and O–H groups in total. The van der Waals surface area contributed by atoms with Crippen molar-refractivity contribution in [3.63, 3.8) is 0 Å². The molecular weight excluding hydrogens is 440 g/mol. The molecule has 0 aliphatic heterocycles. The number of thiocarbonyl (C=S) groups is 1. The number of amides is 2. The van der Waals surface area contributed by atoms with Crippen LogP contribution in [-0.2, 0) is 4.79 Å². The molecule has 9 heteroatoms. The van der Waals surface area contributed by atoms with E-state index in [0.717, 1.165) is 5.56 Å². The van der Waals surface area contributed by atoms with Crippen molar-refractivity contribution in [2.45, 2.75) is 6.92 Å². The molecule has 0 atom stereocenters. The van der Waals surface area contributed by atoms with Gasteiger partial charge in [-0.3, -0.25) is 25.0 Å². The first-order valence-electron chi connectivity index (χ1n) is 9.83. The second kappa shape index (κ2) is 10.8. The Morgan fingerprint density at radius 2 is 1.73 bits per heavy atom. The lowest BCUT2D eigenvalue weighted by Crippen LogP contribution is -2.32. The van der Waals surface area contributed by atoms with Crippen molar-refractivity contribution < 1.29 is 14.5 Å². The molecule has 3 aromatic rings. The summed E-state index contributed by atoms with van der Waals surface area (Å²) in [6.45, 7) is 1.84. The van der Waals surface area contributed by atoms with Gasteiger partial charge in [-0.05, 0) is 66.7 Å². The number of carbonyl (C=O) groups excluding carboxylic acids is 2. The Morgan fingerprint density at radius 3 is 2.42 bits per heavy atom. The fourth-order valence-electron chi connectivity index (χ4n) is 2.90. The van der Waals surface area contributed by atoms with Crippen LogP contribution in [0.3, 0.4) is 0 Å². The molecule has 0 aliphatic carbocycles. The third-order valence-electron chi connectivity index (χ3n) is 4.51. The van der Waals surface area contributed by atoms with E-state index in [2.05, 4.69) is 16.0 Å². The number of carbonyl (C=O) groups is 2. The molecule has 0 bridgehead atoms. The van der Waals surface area contributed by atoms with E-state index in [1.807, 2.05) is 13.0 Å². The van der Waals surface area contributed by atoms with Gasteiger partial charge in [0.05, 0.1) is 4.92 Å². The summed E-state index contributed by atoms with van der Waals surface area (Å²) in [4.78, 5) is 34.8. The number of hydrogen-bond donors (Lipinski definition) is 3. The van der Waals surface area contributed by atoms with Gasteiger partial charge in [-0.1, -0.05) is 30.3 Å². The minimum atomic E-state index is -0.503. The Labute approximate surface area is 195 Å². The minimum Gasteiger partial charge on any atom is -0.332 e. The van der Waals surface area contributed by atoms with Crippen LogP contribution >= 0.6 is 12.2 Å². The van der Waals surface area contributed by atoms with Crippen LogP contribution in [0.15, 0.2) is 78.9 Å². The summed E-state index contributed by atoms with van der Waals surface area (Å²) in [7, 11) is 0. The number of hydrogen-bond acceptors (Lipinski definition) is 5. The summed E-state index contributed by atoms with van der Waals surface area (Å²) in [5, 5.41) is 19.2. The Balaban J connectivity index is 1.56. The average molecular weight is 461 g/mol.